The quantitative estimate of drug-likeness (QED) is 0.343. The molecule has 2 aromatic carbocycles. The molecule has 0 radical (unpaired) electrons. The SMILES string of the molecule is CSCCN1CCN(c2cc(C(F)(F)F)cc(C(F)(F)F)c2OC(=O)N(c2ccc(F)cc2)C(C)C)C1=O. The topological polar surface area (TPSA) is 53.1 Å². The molecule has 2 aromatic rings. The number of thioether (sulfide) groups is 1. The number of urea groups is 1. The van der Waals surface area contributed by atoms with Crippen molar-refractivity contribution in [3.63, 3.8) is 0 Å². The van der Waals surface area contributed by atoms with Gasteiger partial charge in [-0.15, -0.1) is 0 Å². The third-order valence-electron chi connectivity index (χ3n) is 5.66. The number of carbonyl (C=O) groups excluding carboxylic acids is 2. The Morgan fingerprint density at radius 3 is 2.21 bits per heavy atom. The Bertz CT molecular complexity index is 1170. The molecule has 0 spiro atoms. The number of halogens is 7. The number of alkyl halides is 6. The van der Waals surface area contributed by atoms with Gasteiger partial charge < -0.3 is 9.64 Å². The molecule has 3 amide bonds. The maximum atomic E-state index is 14.1. The molecule has 1 aliphatic rings. The molecule has 208 valence electrons. The number of nitrogens with zero attached hydrogens (tertiary/aromatic N) is 3. The first-order valence-corrected chi connectivity index (χ1v) is 12.7. The lowest BCUT2D eigenvalue weighted by atomic mass is 10.1. The molecule has 1 aliphatic heterocycles. The molecule has 1 heterocycles. The lowest BCUT2D eigenvalue weighted by Gasteiger charge is -2.29. The number of hydrogen-bond donors (Lipinski definition) is 0. The van der Waals surface area contributed by atoms with Crippen LogP contribution in [-0.2, 0) is 12.4 Å². The minimum atomic E-state index is -5.37. The van der Waals surface area contributed by atoms with Crippen LogP contribution in [0.4, 0.5) is 51.7 Å². The van der Waals surface area contributed by atoms with E-state index in [4.69, 9.17) is 4.74 Å². The van der Waals surface area contributed by atoms with Crippen LogP contribution in [-0.4, -0.2) is 54.7 Å². The Morgan fingerprint density at radius 2 is 1.68 bits per heavy atom. The van der Waals surface area contributed by atoms with Crippen LogP contribution < -0.4 is 14.5 Å². The van der Waals surface area contributed by atoms with E-state index in [1.807, 2.05) is 0 Å². The Labute approximate surface area is 218 Å². The predicted octanol–water partition coefficient (Wildman–Crippen LogP) is 6.88. The highest BCUT2D eigenvalue weighted by Gasteiger charge is 2.44. The maximum Gasteiger partial charge on any atom is 0.420 e. The van der Waals surface area contributed by atoms with Crippen molar-refractivity contribution in [3.8, 4) is 5.75 Å². The zero-order chi connectivity index (χ0) is 28.4. The van der Waals surface area contributed by atoms with E-state index in [-0.39, 0.29) is 31.4 Å². The van der Waals surface area contributed by atoms with Gasteiger partial charge in [0.05, 0.1) is 11.3 Å². The molecule has 0 aromatic heterocycles. The number of amides is 3. The van der Waals surface area contributed by atoms with Crippen LogP contribution in [0.1, 0.15) is 25.0 Å². The summed E-state index contributed by atoms with van der Waals surface area (Å²) in [5.41, 5.74) is -4.28. The van der Waals surface area contributed by atoms with Crippen LogP contribution in [0.2, 0.25) is 0 Å². The monoisotopic (exact) mass is 567 g/mol. The first-order chi connectivity index (χ1) is 17.6. The molecule has 3 rings (SSSR count). The summed E-state index contributed by atoms with van der Waals surface area (Å²) in [7, 11) is 0. The normalized spacial score (nSPS) is 14.4. The van der Waals surface area contributed by atoms with Gasteiger partial charge >= 0.3 is 24.5 Å². The summed E-state index contributed by atoms with van der Waals surface area (Å²) in [6.45, 7) is 3.08. The summed E-state index contributed by atoms with van der Waals surface area (Å²) >= 11 is 1.41. The second-order valence-electron chi connectivity index (χ2n) is 8.59. The summed E-state index contributed by atoms with van der Waals surface area (Å²) in [5.74, 6) is -1.36. The van der Waals surface area contributed by atoms with Crippen LogP contribution in [0.5, 0.6) is 5.75 Å². The van der Waals surface area contributed by atoms with Crippen molar-refractivity contribution >= 4 is 35.3 Å². The molecular formula is C24H24F7N3O3S. The molecular weight excluding hydrogens is 543 g/mol. The van der Waals surface area contributed by atoms with E-state index in [0.29, 0.717) is 11.8 Å². The van der Waals surface area contributed by atoms with Gasteiger partial charge in [-0.25, -0.2) is 14.0 Å². The Balaban J connectivity index is 2.15. The summed E-state index contributed by atoms with van der Waals surface area (Å²) in [6, 6.07) is 3.13. The lowest BCUT2D eigenvalue weighted by molar-refractivity contribution is -0.143. The Hall–Kier alpha value is -3.16. The first-order valence-electron chi connectivity index (χ1n) is 11.3. The molecule has 0 saturated carbocycles. The molecule has 1 saturated heterocycles. The van der Waals surface area contributed by atoms with Gasteiger partial charge in [0, 0.05) is 37.1 Å². The largest absolute Gasteiger partial charge is 0.420 e. The highest BCUT2D eigenvalue weighted by atomic mass is 32.2. The second-order valence-corrected chi connectivity index (χ2v) is 9.58. The third-order valence-corrected chi connectivity index (χ3v) is 6.25. The van der Waals surface area contributed by atoms with Gasteiger partial charge in [0.15, 0.2) is 5.75 Å². The van der Waals surface area contributed by atoms with E-state index in [1.165, 1.54) is 42.6 Å². The average Bonchev–Trinajstić information content (AvgIpc) is 3.17. The van der Waals surface area contributed by atoms with Gasteiger partial charge in [-0.2, -0.15) is 38.1 Å². The summed E-state index contributed by atoms with van der Waals surface area (Å²) in [5, 5.41) is 0. The van der Waals surface area contributed by atoms with Gasteiger partial charge in [0.2, 0.25) is 0 Å². The highest BCUT2D eigenvalue weighted by Crippen LogP contribution is 2.47. The van der Waals surface area contributed by atoms with Crippen molar-refractivity contribution in [2.45, 2.75) is 32.2 Å². The van der Waals surface area contributed by atoms with Crippen LogP contribution in [0.3, 0.4) is 0 Å². The van der Waals surface area contributed by atoms with Gasteiger partial charge in [0.25, 0.3) is 0 Å². The van der Waals surface area contributed by atoms with E-state index in [2.05, 4.69) is 0 Å². The molecule has 14 heteroatoms. The van der Waals surface area contributed by atoms with E-state index >= 15 is 0 Å². The van der Waals surface area contributed by atoms with Gasteiger partial charge in [-0.1, -0.05) is 0 Å². The summed E-state index contributed by atoms with van der Waals surface area (Å²) in [4.78, 5) is 29.1. The number of carbonyl (C=O) groups is 2. The number of benzene rings is 2. The van der Waals surface area contributed by atoms with Crippen molar-refractivity contribution in [1.82, 2.24) is 4.90 Å². The molecule has 38 heavy (non-hydrogen) atoms. The van der Waals surface area contributed by atoms with E-state index in [9.17, 15) is 40.3 Å². The number of rotatable bonds is 7. The molecule has 6 nitrogen and oxygen atoms in total. The smallest absolute Gasteiger partial charge is 0.407 e. The fraction of sp³-hybridized carbons (Fsp3) is 0.417. The van der Waals surface area contributed by atoms with Crippen LogP contribution in [0.15, 0.2) is 36.4 Å². The van der Waals surface area contributed by atoms with Crippen molar-refractivity contribution in [3.05, 3.63) is 53.3 Å². The summed E-state index contributed by atoms with van der Waals surface area (Å²) in [6.07, 6.45) is -10.1. The van der Waals surface area contributed by atoms with Crippen LogP contribution >= 0.6 is 11.8 Å². The Morgan fingerprint density at radius 1 is 1.05 bits per heavy atom. The zero-order valence-electron chi connectivity index (χ0n) is 20.5. The first kappa shape index (κ1) is 29.4. The van der Waals surface area contributed by atoms with Crippen molar-refractivity contribution in [2.75, 3.05) is 41.4 Å². The predicted molar refractivity (Wildman–Crippen MR) is 129 cm³/mol. The number of anilines is 2. The molecule has 0 N–H and O–H groups in total. The van der Waals surface area contributed by atoms with E-state index < -0.39 is 58.9 Å². The van der Waals surface area contributed by atoms with Gasteiger partial charge in [-0.3, -0.25) is 9.80 Å². The molecule has 1 fully saturated rings. The Kier molecular flexibility index (Phi) is 8.74. The fourth-order valence-electron chi connectivity index (χ4n) is 3.86. The van der Waals surface area contributed by atoms with Crippen molar-refractivity contribution in [2.24, 2.45) is 0 Å². The van der Waals surface area contributed by atoms with Gasteiger partial charge in [-0.05, 0) is 56.5 Å². The van der Waals surface area contributed by atoms with Gasteiger partial charge in [0.1, 0.15) is 11.4 Å². The van der Waals surface area contributed by atoms with Crippen molar-refractivity contribution in [1.29, 1.82) is 0 Å². The van der Waals surface area contributed by atoms with E-state index in [0.717, 1.165) is 21.9 Å². The molecule has 0 aliphatic carbocycles. The standard InChI is InChI=1S/C24H24F7N3O3S/c1-14(2)34(17-6-4-16(25)5-7-17)22(36)37-20-18(24(29,30)31)12-15(23(26,27)28)13-19(20)33-9-8-32(21(33)35)10-11-38-3/h4-7,12-14H,8-11H2,1-3H3. The molecule has 0 atom stereocenters. The minimum Gasteiger partial charge on any atom is -0.407 e. The van der Waals surface area contributed by atoms with E-state index in [1.54, 1.807) is 6.26 Å². The van der Waals surface area contributed by atoms with Crippen molar-refractivity contribution < 1.29 is 45.1 Å². The molecule has 0 bridgehead atoms. The zero-order valence-corrected chi connectivity index (χ0v) is 21.3. The summed E-state index contributed by atoms with van der Waals surface area (Å²) < 4.78 is 102. The number of ether oxygens (including phenoxy) is 1. The highest BCUT2D eigenvalue weighted by molar-refractivity contribution is 7.98. The average molecular weight is 568 g/mol. The minimum absolute atomic E-state index is 0.0536. The second kappa shape index (κ2) is 11.3. The fourth-order valence-corrected chi connectivity index (χ4v) is 4.27. The third kappa shape index (κ3) is 6.45. The molecule has 0 unspecified atom stereocenters. The lowest BCUT2D eigenvalue weighted by Crippen LogP contribution is -2.40. The number of hydrogen-bond acceptors (Lipinski definition) is 4. The van der Waals surface area contributed by atoms with Crippen LogP contribution in [0.25, 0.3) is 0 Å². The van der Waals surface area contributed by atoms with Crippen LogP contribution in [0, 0.1) is 5.82 Å². The maximum absolute atomic E-state index is 14.1.